The standard InChI is InChI=1S/C29H24BrClN4O4S/c1-20(21-8-6-12-25(17-21)32-29(37)22-9-5-11-24(31)16-22)33-34-28(36)19-35(26-13-7-10-23(30)18-26)40(38,39)27-14-3-2-4-15-27/h2-18H,19H2,1H3,(H,32,37)(H,34,36)/b33-20-. The van der Waals surface area contributed by atoms with Crippen LogP contribution >= 0.6 is 27.5 Å². The molecular weight excluding hydrogens is 616 g/mol. The van der Waals surface area contributed by atoms with E-state index < -0.39 is 22.5 Å². The molecule has 0 aliphatic heterocycles. The third-order valence-corrected chi connectivity index (χ3v) is 8.20. The number of hydrogen-bond acceptors (Lipinski definition) is 5. The molecule has 0 fully saturated rings. The number of hydrazone groups is 1. The molecule has 4 rings (SSSR count). The van der Waals surface area contributed by atoms with Crippen LogP contribution in [-0.2, 0) is 14.8 Å². The molecule has 0 unspecified atom stereocenters. The van der Waals surface area contributed by atoms with Crippen molar-refractivity contribution in [3.8, 4) is 0 Å². The molecule has 204 valence electrons. The van der Waals surface area contributed by atoms with E-state index in [2.05, 4.69) is 31.8 Å². The third kappa shape index (κ3) is 7.35. The molecule has 40 heavy (non-hydrogen) atoms. The molecule has 11 heteroatoms. The average Bonchev–Trinajstić information content (AvgIpc) is 2.95. The molecule has 8 nitrogen and oxygen atoms in total. The first-order valence-electron chi connectivity index (χ1n) is 12.0. The normalized spacial score (nSPS) is 11.5. The second-order valence-electron chi connectivity index (χ2n) is 8.58. The van der Waals surface area contributed by atoms with Gasteiger partial charge in [0.15, 0.2) is 0 Å². The Balaban J connectivity index is 1.50. The van der Waals surface area contributed by atoms with E-state index in [1.54, 1.807) is 97.9 Å². The SMILES string of the molecule is C/C(=N/NC(=O)CN(c1cccc(Br)c1)S(=O)(=O)c1ccccc1)c1cccc(NC(=O)c2cccc(Cl)c2)c1. The van der Waals surface area contributed by atoms with Gasteiger partial charge in [0.25, 0.3) is 21.8 Å². The molecule has 0 saturated carbocycles. The van der Waals surface area contributed by atoms with Crippen LogP contribution in [0.15, 0.2) is 118 Å². The Hall–Kier alpha value is -3.99. The van der Waals surface area contributed by atoms with Crippen LogP contribution in [0.2, 0.25) is 5.02 Å². The van der Waals surface area contributed by atoms with E-state index >= 15 is 0 Å². The Labute approximate surface area is 245 Å². The van der Waals surface area contributed by atoms with Gasteiger partial charge < -0.3 is 5.32 Å². The van der Waals surface area contributed by atoms with Crippen molar-refractivity contribution in [1.82, 2.24) is 5.43 Å². The molecule has 2 amide bonds. The Morgan fingerprint density at radius 3 is 2.30 bits per heavy atom. The molecule has 0 aromatic heterocycles. The number of amides is 2. The van der Waals surface area contributed by atoms with Gasteiger partial charge in [0.05, 0.1) is 16.3 Å². The summed E-state index contributed by atoms with van der Waals surface area (Å²) in [6.07, 6.45) is 0. The van der Waals surface area contributed by atoms with Gasteiger partial charge in [0, 0.05) is 20.7 Å². The molecule has 0 saturated heterocycles. The van der Waals surface area contributed by atoms with E-state index in [9.17, 15) is 18.0 Å². The van der Waals surface area contributed by atoms with E-state index in [1.807, 2.05) is 0 Å². The summed E-state index contributed by atoms with van der Waals surface area (Å²) in [6, 6.07) is 28.1. The number of benzene rings is 4. The van der Waals surface area contributed by atoms with E-state index in [4.69, 9.17) is 11.6 Å². The lowest BCUT2D eigenvalue weighted by atomic mass is 10.1. The molecule has 0 atom stereocenters. The molecule has 2 N–H and O–H groups in total. The lowest BCUT2D eigenvalue weighted by Gasteiger charge is -2.24. The van der Waals surface area contributed by atoms with Crippen molar-refractivity contribution < 1.29 is 18.0 Å². The van der Waals surface area contributed by atoms with Gasteiger partial charge in [0.2, 0.25) is 0 Å². The van der Waals surface area contributed by atoms with Crippen molar-refractivity contribution in [3.05, 3.63) is 124 Å². The molecule has 0 aliphatic carbocycles. The van der Waals surface area contributed by atoms with Crippen molar-refractivity contribution >= 4 is 66.5 Å². The van der Waals surface area contributed by atoms with Crippen molar-refractivity contribution in [2.24, 2.45) is 5.10 Å². The molecule has 4 aromatic rings. The lowest BCUT2D eigenvalue weighted by Crippen LogP contribution is -2.39. The summed E-state index contributed by atoms with van der Waals surface area (Å²) in [5, 5.41) is 7.42. The maximum atomic E-state index is 13.4. The first-order chi connectivity index (χ1) is 19.1. The highest BCUT2D eigenvalue weighted by molar-refractivity contribution is 9.10. The Kier molecular flexibility index (Phi) is 9.36. The number of nitrogens with one attached hydrogen (secondary N) is 2. The molecule has 0 radical (unpaired) electrons. The predicted molar refractivity (Wildman–Crippen MR) is 161 cm³/mol. The maximum Gasteiger partial charge on any atom is 0.264 e. The zero-order chi connectivity index (χ0) is 28.7. The van der Waals surface area contributed by atoms with Gasteiger partial charge in [-0.15, -0.1) is 0 Å². The number of carbonyl (C=O) groups excluding carboxylic acids is 2. The van der Waals surface area contributed by atoms with Crippen molar-refractivity contribution in [1.29, 1.82) is 0 Å². The van der Waals surface area contributed by atoms with Gasteiger partial charge >= 0.3 is 0 Å². The maximum absolute atomic E-state index is 13.4. The van der Waals surface area contributed by atoms with Gasteiger partial charge in [-0.25, -0.2) is 13.8 Å². The van der Waals surface area contributed by atoms with Gasteiger partial charge in [0.1, 0.15) is 6.54 Å². The van der Waals surface area contributed by atoms with Crippen molar-refractivity contribution in [3.63, 3.8) is 0 Å². The fourth-order valence-corrected chi connectivity index (χ4v) is 5.71. The highest BCUT2D eigenvalue weighted by atomic mass is 79.9. The molecule has 0 aliphatic rings. The minimum Gasteiger partial charge on any atom is -0.322 e. The second-order valence-corrected chi connectivity index (χ2v) is 11.8. The largest absolute Gasteiger partial charge is 0.322 e. The fourth-order valence-electron chi connectivity index (χ4n) is 3.70. The zero-order valence-corrected chi connectivity index (χ0v) is 24.4. The van der Waals surface area contributed by atoms with Crippen LogP contribution in [0.5, 0.6) is 0 Å². The molecule has 4 aromatic carbocycles. The Morgan fingerprint density at radius 1 is 0.875 bits per heavy atom. The van der Waals surface area contributed by atoms with Crippen molar-refractivity contribution in [2.45, 2.75) is 11.8 Å². The molecule has 0 spiro atoms. The van der Waals surface area contributed by atoms with Crippen LogP contribution in [0, 0.1) is 0 Å². The highest BCUT2D eigenvalue weighted by Crippen LogP contribution is 2.26. The molecule has 0 bridgehead atoms. The fraction of sp³-hybridized carbons (Fsp3) is 0.0690. The number of carbonyl (C=O) groups is 2. The number of sulfonamides is 1. The smallest absolute Gasteiger partial charge is 0.264 e. The number of halogens is 2. The van der Waals surface area contributed by atoms with Gasteiger partial charge in [-0.3, -0.25) is 13.9 Å². The van der Waals surface area contributed by atoms with Crippen LogP contribution in [0.3, 0.4) is 0 Å². The van der Waals surface area contributed by atoms with Crippen LogP contribution in [0.4, 0.5) is 11.4 Å². The first-order valence-corrected chi connectivity index (χ1v) is 14.6. The topological polar surface area (TPSA) is 108 Å². The van der Waals surface area contributed by atoms with E-state index in [1.165, 1.54) is 12.1 Å². The summed E-state index contributed by atoms with van der Waals surface area (Å²) in [5.74, 6) is -0.959. The average molecular weight is 640 g/mol. The molecular formula is C29H24BrClN4O4S. The number of anilines is 2. The quantitative estimate of drug-likeness (QED) is 0.171. The van der Waals surface area contributed by atoms with Crippen LogP contribution in [-0.4, -0.2) is 32.5 Å². The highest BCUT2D eigenvalue weighted by Gasteiger charge is 2.27. The zero-order valence-electron chi connectivity index (χ0n) is 21.2. The lowest BCUT2D eigenvalue weighted by molar-refractivity contribution is -0.119. The summed E-state index contributed by atoms with van der Waals surface area (Å²) >= 11 is 9.34. The van der Waals surface area contributed by atoms with E-state index in [-0.39, 0.29) is 10.8 Å². The first kappa shape index (κ1) is 29.0. The number of hydrogen-bond donors (Lipinski definition) is 2. The molecule has 0 heterocycles. The number of rotatable bonds is 9. The van der Waals surface area contributed by atoms with Gasteiger partial charge in [-0.1, -0.05) is 70.0 Å². The predicted octanol–water partition coefficient (Wildman–Crippen LogP) is 6.09. The Morgan fingerprint density at radius 2 is 1.57 bits per heavy atom. The second kappa shape index (κ2) is 12.9. The van der Waals surface area contributed by atoms with E-state index in [0.29, 0.717) is 37.7 Å². The van der Waals surface area contributed by atoms with E-state index in [0.717, 1.165) is 4.31 Å². The van der Waals surface area contributed by atoms with Crippen LogP contribution in [0.1, 0.15) is 22.8 Å². The summed E-state index contributed by atoms with van der Waals surface area (Å²) in [4.78, 5) is 25.5. The third-order valence-electron chi connectivity index (χ3n) is 5.69. The summed E-state index contributed by atoms with van der Waals surface area (Å²) in [7, 11) is -4.04. The van der Waals surface area contributed by atoms with Crippen LogP contribution in [0.25, 0.3) is 0 Å². The minimum absolute atomic E-state index is 0.0547. The number of nitrogens with zero attached hydrogens (tertiary/aromatic N) is 2. The Bertz CT molecular complexity index is 1680. The minimum atomic E-state index is -4.04. The van der Waals surface area contributed by atoms with Crippen LogP contribution < -0.4 is 15.0 Å². The van der Waals surface area contributed by atoms with Gasteiger partial charge in [-0.2, -0.15) is 5.10 Å². The monoisotopic (exact) mass is 638 g/mol. The summed E-state index contributed by atoms with van der Waals surface area (Å²) < 4.78 is 28.6. The summed E-state index contributed by atoms with van der Waals surface area (Å²) in [5.41, 5.74) is 4.79. The van der Waals surface area contributed by atoms with Crippen molar-refractivity contribution in [2.75, 3.05) is 16.2 Å². The van der Waals surface area contributed by atoms with Gasteiger partial charge in [-0.05, 0) is 73.2 Å². The summed E-state index contributed by atoms with van der Waals surface area (Å²) in [6.45, 7) is 1.19.